The first kappa shape index (κ1) is 16.0. The summed E-state index contributed by atoms with van der Waals surface area (Å²) in [5.41, 5.74) is 2.46. The van der Waals surface area contributed by atoms with E-state index in [0.717, 1.165) is 12.1 Å². The number of pyridine rings is 1. The maximum absolute atomic E-state index is 12.5. The molecule has 124 valence electrons. The summed E-state index contributed by atoms with van der Waals surface area (Å²) >= 11 is 0. The molecule has 0 spiro atoms. The Bertz CT molecular complexity index is 697. The zero-order valence-electron chi connectivity index (χ0n) is 13.4. The summed E-state index contributed by atoms with van der Waals surface area (Å²) in [6.07, 6.45) is 2.47. The van der Waals surface area contributed by atoms with Crippen LogP contribution in [0.2, 0.25) is 0 Å². The lowest BCUT2D eigenvalue weighted by atomic mass is 10.2. The van der Waals surface area contributed by atoms with Crippen molar-refractivity contribution >= 4 is 18.0 Å². The fourth-order valence-corrected chi connectivity index (χ4v) is 2.65. The molecule has 1 saturated heterocycles. The normalized spacial score (nSPS) is 14.3. The van der Waals surface area contributed by atoms with Crippen molar-refractivity contribution in [1.82, 2.24) is 14.8 Å². The number of amides is 2. The van der Waals surface area contributed by atoms with E-state index in [1.165, 1.54) is 5.56 Å². The number of carbonyl (C=O) groups excluding carboxylic acids is 2. The van der Waals surface area contributed by atoms with Gasteiger partial charge in [-0.2, -0.15) is 0 Å². The summed E-state index contributed by atoms with van der Waals surface area (Å²) in [5.74, 6) is -0.0936. The molecule has 1 aliphatic rings. The first-order valence-corrected chi connectivity index (χ1v) is 7.99. The van der Waals surface area contributed by atoms with E-state index in [9.17, 15) is 9.59 Å². The number of aromatic nitrogens is 1. The van der Waals surface area contributed by atoms with Crippen LogP contribution in [0.3, 0.4) is 0 Å². The molecule has 1 aromatic carbocycles. The van der Waals surface area contributed by atoms with E-state index in [4.69, 9.17) is 0 Å². The lowest BCUT2D eigenvalue weighted by Crippen LogP contribution is -2.48. The second-order valence-corrected chi connectivity index (χ2v) is 5.70. The summed E-state index contributed by atoms with van der Waals surface area (Å²) in [5, 5.41) is 3.31. The zero-order valence-corrected chi connectivity index (χ0v) is 13.4. The number of benzene rings is 1. The van der Waals surface area contributed by atoms with Gasteiger partial charge in [0.2, 0.25) is 6.41 Å². The molecule has 0 atom stereocenters. The Morgan fingerprint density at radius 2 is 1.88 bits per heavy atom. The predicted octanol–water partition coefficient (Wildman–Crippen LogP) is 1.61. The largest absolute Gasteiger partial charge is 0.381 e. The molecule has 0 saturated carbocycles. The van der Waals surface area contributed by atoms with E-state index < -0.39 is 0 Å². The van der Waals surface area contributed by atoms with Crippen LogP contribution in [0.4, 0.5) is 5.69 Å². The highest BCUT2D eigenvalue weighted by molar-refractivity contribution is 5.93. The average molecular weight is 324 g/mol. The van der Waals surface area contributed by atoms with E-state index >= 15 is 0 Å². The molecule has 1 aliphatic heterocycles. The fraction of sp³-hybridized carbons (Fsp3) is 0.278. The minimum atomic E-state index is -0.0936. The Kier molecular flexibility index (Phi) is 5.05. The second kappa shape index (κ2) is 7.59. The van der Waals surface area contributed by atoms with Gasteiger partial charge in [0.05, 0.1) is 0 Å². The standard InChI is InChI=1S/C18H20N4O2/c23-14-21-8-10-22(11-9-21)18(24)17-12-16(6-7-19-17)20-13-15-4-2-1-3-5-15/h1-7,12,14H,8-11,13H2,(H,19,20). The minimum absolute atomic E-state index is 0.0936. The van der Waals surface area contributed by atoms with Crippen molar-refractivity contribution in [2.75, 3.05) is 31.5 Å². The number of nitrogens with one attached hydrogen (secondary N) is 1. The van der Waals surface area contributed by atoms with Gasteiger partial charge in [0, 0.05) is 44.6 Å². The summed E-state index contributed by atoms with van der Waals surface area (Å²) in [4.78, 5) is 30.9. The number of nitrogens with zero attached hydrogens (tertiary/aromatic N) is 3. The monoisotopic (exact) mass is 324 g/mol. The molecule has 1 aromatic heterocycles. The molecular weight excluding hydrogens is 304 g/mol. The van der Waals surface area contributed by atoms with Crippen molar-refractivity contribution in [3.8, 4) is 0 Å². The van der Waals surface area contributed by atoms with Crippen LogP contribution in [0.5, 0.6) is 0 Å². The van der Waals surface area contributed by atoms with Gasteiger partial charge in [-0.25, -0.2) is 0 Å². The van der Waals surface area contributed by atoms with Gasteiger partial charge in [-0.3, -0.25) is 14.6 Å². The van der Waals surface area contributed by atoms with Crippen molar-refractivity contribution in [1.29, 1.82) is 0 Å². The summed E-state index contributed by atoms with van der Waals surface area (Å²) in [6, 6.07) is 13.7. The van der Waals surface area contributed by atoms with Crippen molar-refractivity contribution in [3.63, 3.8) is 0 Å². The van der Waals surface area contributed by atoms with E-state index in [1.54, 1.807) is 22.1 Å². The molecule has 0 aliphatic carbocycles. The van der Waals surface area contributed by atoms with E-state index in [2.05, 4.69) is 10.3 Å². The van der Waals surface area contributed by atoms with Gasteiger partial charge in [-0.05, 0) is 17.7 Å². The smallest absolute Gasteiger partial charge is 0.272 e. The van der Waals surface area contributed by atoms with Gasteiger partial charge in [0.25, 0.3) is 5.91 Å². The summed E-state index contributed by atoms with van der Waals surface area (Å²) in [7, 11) is 0. The third-order valence-electron chi connectivity index (χ3n) is 4.07. The van der Waals surface area contributed by atoms with Crippen molar-refractivity contribution in [2.24, 2.45) is 0 Å². The van der Waals surface area contributed by atoms with Gasteiger partial charge < -0.3 is 15.1 Å². The van der Waals surface area contributed by atoms with E-state index in [1.807, 2.05) is 36.4 Å². The van der Waals surface area contributed by atoms with E-state index in [-0.39, 0.29) is 5.91 Å². The van der Waals surface area contributed by atoms with Gasteiger partial charge >= 0.3 is 0 Å². The molecule has 24 heavy (non-hydrogen) atoms. The molecule has 0 radical (unpaired) electrons. The number of carbonyl (C=O) groups is 2. The number of rotatable bonds is 5. The number of hydrogen-bond donors (Lipinski definition) is 1. The van der Waals surface area contributed by atoms with Crippen LogP contribution < -0.4 is 5.32 Å². The molecule has 2 aromatic rings. The molecule has 1 N–H and O–H groups in total. The van der Waals surface area contributed by atoms with Crippen LogP contribution in [0.1, 0.15) is 16.1 Å². The van der Waals surface area contributed by atoms with Crippen molar-refractivity contribution < 1.29 is 9.59 Å². The molecule has 2 amide bonds. The first-order chi connectivity index (χ1) is 11.8. The Morgan fingerprint density at radius 3 is 2.58 bits per heavy atom. The molecule has 1 fully saturated rings. The third kappa shape index (κ3) is 3.90. The number of piperazine rings is 1. The van der Waals surface area contributed by atoms with Crippen molar-refractivity contribution in [2.45, 2.75) is 6.54 Å². The highest BCUT2D eigenvalue weighted by Crippen LogP contribution is 2.13. The lowest BCUT2D eigenvalue weighted by Gasteiger charge is -2.32. The molecule has 6 heteroatoms. The van der Waals surface area contributed by atoms with Gasteiger partial charge in [0.1, 0.15) is 5.69 Å². The lowest BCUT2D eigenvalue weighted by molar-refractivity contribution is -0.119. The molecule has 0 unspecified atom stereocenters. The van der Waals surface area contributed by atoms with Crippen LogP contribution >= 0.6 is 0 Å². The van der Waals surface area contributed by atoms with E-state index in [0.29, 0.717) is 38.4 Å². The highest BCUT2D eigenvalue weighted by atomic mass is 16.2. The molecule has 2 heterocycles. The van der Waals surface area contributed by atoms with Gasteiger partial charge in [-0.15, -0.1) is 0 Å². The second-order valence-electron chi connectivity index (χ2n) is 5.70. The Morgan fingerprint density at radius 1 is 1.12 bits per heavy atom. The summed E-state index contributed by atoms with van der Waals surface area (Å²) < 4.78 is 0. The molecule has 6 nitrogen and oxygen atoms in total. The Balaban J connectivity index is 1.62. The third-order valence-corrected chi connectivity index (χ3v) is 4.07. The van der Waals surface area contributed by atoms with Crippen LogP contribution in [-0.4, -0.2) is 53.3 Å². The minimum Gasteiger partial charge on any atom is -0.381 e. The van der Waals surface area contributed by atoms with Crippen LogP contribution in [0, 0.1) is 0 Å². The zero-order chi connectivity index (χ0) is 16.8. The number of hydrogen-bond acceptors (Lipinski definition) is 4. The molecule has 0 bridgehead atoms. The Labute approximate surface area is 141 Å². The quantitative estimate of drug-likeness (QED) is 0.849. The Hall–Kier alpha value is -2.89. The topological polar surface area (TPSA) is 65.5 Å². The van der Waals surface area contributed by atoms with Crippen LogP contribution in [0.25, 0.3) is 0 Å². The fourth-order valence-electron chi connectivity index (χ4n) is 2.65. The van der Waals surface area contributed by atoms with Crippen LogP contribution in [0.15, 0.2) is 48.7 Å². The molecule has 3 rings (SSSR count). The maximum Gasteiger partial charge on any atom is 0.272 e. The first-order valence-electron chi connectivity index (χ1n) is 7.99. The highest BCUT2D eigenvalue weighted by Gasteiger charge is 2.22. The van der Waals surface area contributed by atoms with Gasteiger partial charge in [0.15, 0.2) is 0 Å². The predicted molar refractivity (Wildman–Crippen MR) is 91.5 cm³/mol. The summed E-state index contributed by atoms with van der Waals surface area (Å²) in [6.45, 7) is 2.92. The maximum atomic E-state index is 12.5. The van der Waals surface area contributed by atoms with Gasteiger partial charge in [-0.1, -0.05) is 30.3 Å². The van der Waals surface area contributed by atoms with Crippen molar-refractivity contribution in [3.05, 3.63) is 59.9 Å². The average Bonchev–Trinajstić information content (AvgIpc) is 2.67. The molecular formula is C18H20N4O2. The SMILES string of the molecule is O=CN1CCN(C(=O)c2cc(NCc3ccccc3)ccn2)CC1. The van der Waals surface area contributed by atoms with Crippen LogP contribution in [-0.2, 0) is 11.3 Å². The number of anilines is 1.